The molecule has 0 aliphatic rings. The van der Waals surface area contributed by atoms with Gasteiger partial charge in [0.05, 0.1) is 6.04 Å². The predicted molar refractivity (Wildman–Crippen MR) is 94.5 cm³/mol. The van der Waals surface area contributed by atoms with Gasteiger partial charge >= 0.3 is 0 Å². The van der Waals surface area contributed by atoms with Crippen LogP contribution >= 0.6 is 0 Å². The van der Waals surface area contributed by atoms with Crippen molar-refractivity contribution in [1.82, 2.24) is 4.98 Å². The molecule has 1 aromatic heterocycles. The zero-order valence-corrected chi connectivity index (χ0v) is 13.4. The molecule has 1 amide bonds. The number of nitrogens with one attached hydrogen (secondary N) is 2. The molecule has 3 aromatic rings. The molecule has 0 saturated heterocycles. The van der Waals surface area contributed by atoms with Gasteiger partial charge in [-0.15, -0.1) is 0 Å². The van der Waals surface area contributed by atoms with Crippen LogP contribution < -0.4 is 11.1 Å². The third kappa shape index (κ3) is 3.27. The van der Waals surface area contributed by atoms with Gasteiger partial charge in [-0.25, -0.2) is 0 Å². The van der Waals surface area contributed by atoms with Crippen LogP contribution in [0.5, 0.6) is 0 Å². The van der Waals surface area contributed by atoms with Gasteiger partial charge in [0.25, 0.3) is 0 Å². The lowest BCUT2D eigenvalue weighted by Crippen LogP contribution is -2.37. The predicted octanol–water partition coefficient (Wildman–Crippen LogP) is 3.29. The van der Waals surface area contributed by atoms with Gasteiger partial charge in [0.2, 0.25) is 5.91 Å². The van der Waals surface area contributed by atoms with Crippen molar-refractivity contribution in [2.24, 2.45) is 5.73 Å². The van der Waals surface area contributed by atoms with Crippen molar-refractivity contribution in [1.29, 1.82) is 0 Å². The summed E-state index contributed by atoms with van der Waals surface area (Å²) in [7, 11) is 0. The number of aryl methyl sites for hydroxylation is 2. The molecule has 4 N–H and O–H groups in total. The van der Waals surface area contributed by atoms with Crippen molar-refractivity contribution >= 4 is 22.5 Å². The maximum Gasteiger partial charge on any atom is 0.241 e. The molecule has 3 rings (SSSR count). The number of fused-ring (bicyclic) bond motifs is 1. The Morgan fingerprint density at radius 3 is 2.74 bits per heavy atom. The standard InChI is InChI=1S/C19H21N3O/c1-12-7-8-15(9-13(12)2)22-19(23)17(20)10-14-11-21-18-6-4-3-5-16(14)18/h3-9,11,17,21H,10,20H2,1-2H3,(H,22,23)/t17-/m0/s1. The van der Waals surface area contributed by atoms with Crippen molar-refractivity contribution in [3.63, 3.8) is 0 Å². The van der Waals surface area contributed by atoms with Crippen molar-refractivity contribution < 1.29 is 4.79 Å². The number of nitrogens with two attached hydrogens (primary N) is 1. The van der Waals surface area contributed by atoms with Crippen LogP contribution in [0.3, 0.4) is 0 Å². The van der Waals surface area contributed by atoms with E-state index in [1.165, 1.54) is 5.56 Å². The summed E-state index contributed by atoms with van der Waals surface area (Å²) in [6, 6.07) is 13.3. The van der Waals surface area contributed by atoms with Gasteiger partial charge in [0.15, 0.2) is 0 Å². The third-order valence-electron chi connectivity index (χ3n) is 4.23. The number of hydrogen-bond donors (Lipinski definition) is 3. The Balaban J connectivity index is 1.71. The van der Waals surface area contributed by atoms with E-state index < -0.39 is 6.04 Å². The summed E-state index contributed by atoms with van der Waals surface area (Å²) >= 11 is 0. The summed E-state index contributed by atoms with van der Waals surface area (Å²) in [4.78, 5) is 15.5. The van der Waals surface area contributed by atoms with Crippen LogP contribution in [0.25, 0.3) is 10.9 Å². The van der Waals surface area contributed by atoms with Gasteiger partial charge in [-0.2, -0.15) is 0 Å². The Bertz CT molecular complexity index is 851. The normalized spacial score (nSPS) is 12.3. The van der Waals surface area contributed by atoms with Crippen LogP contribution in [0.15, 0.2) is 48.7 Å². The van der Waals surface area contributed by atoms with Crippen LogP contribution in [0.4, 0.5) is 5.69 Å². The van der Waals surface area contributed by atoms with Crippen molar-refractivity contribution in [2.75, 3.05) is 5.32 Å². The van der Waals surface area contributed by atoms with Crippen molar-refractivity contribution in [3.8, 4) is 0 Å². The average Bonchev–Trinajstić information content (AvgIpc) is 2.94. The first-order valence-electron chi connectivity index (χ1n) is 7.73. The largest absolute Gasteiger partial charge is 0.361 e. The molecule has 23 heavy (non-hydrogen) atoms. The van der Waals surface area contributed by atoms with E-state index in [0.717, 1.165) is 27.7 Å². The highest BCUT2D eigenvalue weighted by Crippen LogP contribution is 2.19. The number of amides is 1. The van der Waals surface area contributed by atoms with Crippen molar-refractivity contribution in [2.45, 2.75) is 26.3 Å². The summed E-state index contributed by atoms with van der Waals surface area (Å²) < 4.78 is 0. The summed E-state index contributed by atoms with van der Waals surface area (Å²) in [5.41, 5.74) is 11.3. The summed E-state index contributed by atoms with van der Waals surface area (Å²) in [6.45, 7) is 4.07. The van der Waals surface area contributed by atoms with Gasteiger partial charge in [-0.05, 0) is 55.2 Å². The topological polar surface area (TPSA) is 70.9 Å². The van der Waals surface area contributed by atoms with Crippen LogP contribution in [0.2, 0.25) is 0 Å². The smallest absolute Gasteiger partial charge is 0.241 e. The van der Waals surface area contributed by atoms with E-state index in [9.17, 15) is 4.79 Å². The highest BCUT2D eigenvalue weighted by atomic mass is 16.2. The van der Waals surface area contributed by atoms with E-state index >= 15 is 0 Å². The summed E-state index contributed by atoms with van der Waals surface area (Å²) in [6.07, 6.45) is 2.43. The van der Waals surface area contributed by atoms with Gasteiger partial charge < -0.3 is 16.0 Å². The van der Waals surface area contributed by atoms with Gasteiger partial charge in [0, 0.05) is 22.8 Å². The second-order valence-electron chi connectivity index (χ2n) is 5.96. The van der Waals surface area contributed by atoms with Crippen LogP contribution in [0, 0.1) is 13.8 Å². The molecule has 0 saturated carbocycles. The lowest BCUT2D eigenvalue weighted by atomic mass is 10.0. The Kier molecular flexibility index (Phi) is 4.17. The number of aromatic nitrogens is 1. The zero-order valence-electron chi connectivity index (χ0n) is 13.4. The first-order chi connectivity index (χ1) is 11.0. The second-order valence-corrected chi connectivity index (χ2v) is 5.96. The van der Waals surface area contributed by atoms with E-state index in [1.807, 2.05) is 62.5 Å². The fourth-order valence-electron chi connectivity index (χ4n) is 2.68. The molecule has 0 aliphatic heterocycles. The summed E-state index contributed by atoms with van der Waals surface area (Å²) in [5.74, 6) is -0.168. The SMILES string of the molecule is Cc1ccc(NC(=O)[C@@H](N)Cc2c[nH]c3ccccc23)cc1C. The van der Waals surface area contributed by atoms with E-state index in [1.54, 1.807) is 0 Å². The molecule has 1 atom stereocenters. The molecular weight excluding hydrogens is 286 g/mol. The number of para-hydroxylation sites is 1. The van der Waals surface area contributed by atoms with E-state index in [-0.39, 0.29) is 5.91 Å². The average molecular weight is 307 g/mol. The lowest BCUT2D eigenvalue weighted by molar-refractivity contribution is -0.117. The number of rotatable bonds is 4. The number of anilines is 1. The molecule has 1 heterocycles. The first kappa shape index (κ1) is 15.3. The van der Waals surface area contributed by atoms with E-state index in [0.29, 0.717) is 6.42 Å². The second kappa shape index (κ2) is 6.26. The highest BCUT2D eigenvalue weighted by Gasteiger charge is 2.16. The maximum atomic E-state index is 12.3. The number of H-pyrrole nitrogens is 1. The number of hydrogen-bond acceptors (Lipinski definition) is 2. The number of benzene rings is 2. The first-order valence-corrected chi connectivity index (χ1v) is 7.73. The molecule has 2 aromatic carbocycles. The minimum Gasteiger partial charge on any atom is -0.361 e. The van der Waals surface area contributed by atoms with Gasteiger partial charge in [-0.1, -0.05) is 24.3 Å². The van der Waals surface area contributed by atoms with Crippen LogP contribution in [-0.4, -0.2) is 16.9 Å². The number of carbonyl (C=O) groups is 1. The van der Waals surface area contributed by atoms with Crippen molar-refractivity contribution in [3.05, 3.63) is 65.4 Å². The molecule has 0 fully saturated rings. The van der Waals surface area contributed by atoms with Gasteiger partial charge in [-0.3, -0.25) is 4.79 Å². The molecule has 0 bridgehead atoms. The monoisotopic (exact) mass is 307 g/mol. The fourth-order valence-corrected chi connectivity index (χ4v) is 2.68. The third-order valence-corrected chi connectivity index (χ3v) is 4.23. The molecule has 0 unspecified atom stereocenters. The number of carbonyl (C=O) groups excluding carboxylic acids is 1. The zero-order chi connectivity index (χ0) is 16.4. The van der Waals surface area contributed by atoms with Crippen LogP contribution in [0.1, 0.15) is 16.7 Å². The van der Waals surface area contributed by atoms with Gasteiger partial charge in [0.1, 0.15) is 0 Å². The Morgan fingerprint density at radius 1 is 1.17 bits per heavy atom. The molecule has 118 valence electrons. The molecule has 4 heteroatoms. The summed E-state index contributed by atoms with van der Waals surface area (Å²) in [5, 5.41) is 4.01. The molecule has 0 aliphatic carbocycles. The molecule has 4 nitrogen and oxygen atoms in total. The maximum absolute atomic E-state index is 12.3. The van der Waals surface area contributed by atoms with Crippen LogP contribution in [-0.2, 0) is 11.2 Å². The highest BCUT2D eigenvalue weighted by molar-refractivity contribution is 5.95. The lowest BCUT2D eigenvalue weighted by Gasteiger charge is -2.13. The molecule has 0 radical (unpaired) electrons. The Labute approximate surface area is 135 Å². The molecular formula is C19H21N3O. The minimum absolute atomic E-state index is 0.168. The van der Waals surface area contributed by atoms with E-state index in [2.05, 4.69) is 10.3 Å². The van der Waals surface area contributed by atoms with E-state index in [4.69, 9.17) is 5.73 Å². The fraction of sp³-hybridized carbons (Fsp3) is 0.211. The molecule has 0 spiro atoms. The Hall–Kier alpha value is -2.59. The number of aromatic amines is 1. The minimum atomic E-state index is -0.587. The quantitative estimate of drug-likeness (QED) is 0.692. The Morgan fingerprint density at radius 2 is 1.96 bits per heavy atom.